The molecule has 1 aromatic heterocycles. The largest absolute Gasteiger partial charge is 0.443 e. The van der Waals surface area contributed by atoms with Gasteiger partial charge in [-0.15, -0.1) is 0 Å². The maximum absolute atomic E-state index is 12.6. The average Bonchev–Trinajstić information content (AvgIpc) is 2.80. The molecule has 0 bridgehead atoms. The Morgan fingerprint density at radius 3 is 2.68 bits per heavy atom. The van der Waals surface area contributed by atoms with E-state index in [1.165, 1.54) is 6.42 Å². The molecule has 0 aliphatic rings. The van der Waals surface area contributed by atoms with Crippen LogP contribution >= 0.6 is 0 Å². The van der Waals surface area contributed by atoms with Crippen molar-refractivity contribution in [2.24, 2.45) is 0 Å². The first-order valence-corrected chi connectivity index (χ1v) is 7.93. The van der Waals surface area contributed by atoms with Gasteiger partial charge < -0.3 is 4.74 Å². The maximum Gasteiger partial charge on any atom is 0.419 e. The van der Waals surface area contributed by atoms with E-state index in [1.54, 1.807) is 4.57 Å². The zero-order valence-corrected chi connectivity index (χ0v) is 13.9. The number of fused-ring (bicyclic) bond motifs is 1. The van der Waals surface area contributed by atoms with Crippen LogP contribution in [0.1, 0.15) is 52.7 Å². The number of benzene rings is 1. The summed E-state index contributed by atoms with van der Waals surface area (Å²) in [5, 5.41) is 1.04. The number of ether oxygens (including phenoxy) is 1. The van der Waals surface area contributed by atoms with E-state index in [0.29, 0.717) is 0 Å². The minimum Gasteiger partial charge on any atom is -0.443 e. The van der Waals surface area contributed by atoms with E-state index in [0.717, 1.165) is 29.4 Å². The summed E-state index contributed by atoms with van der Waals surface area (Å²) in [4.78, 5) is 12.6. The highest BCUT2D eigenvalue weighted by atomic mass is 16.6. The van der Waals surface area contributed by atoms with Crippen molar-refractivity contribution < 1.29 is 9.53 Å². The standard InChI is InChI=1S/C19H25NO2/c1-5-6-7-8-12-16-14-15-11-9-10-13-17(15)20(16)18(21)22-19(2,3)4/h8-14H,5-7H2,1-4H3/b12-8+. The number of unbranched alkanes of at least 4 members (excludes halogenated alkanes) is 2. The van der Waals surface area contributed by atoms with Crippen molar-refractivity contribution in [3.63, 3.8) is 0 Å². The van der Waals surface area contributed by atoms with E-state index in [4.69, 9.17) is 4.74 Å². The van der Waals surface area contributed by atoms with Crippen molar-refractivity contribution in [3.05, 3.63) is 42.1 Å². The van der Waals surface area contributed by atoms with Crippen LogP contribution in [0.5, 0.6) is 0 Å². The van der Waals surface area contributed by atoms with Crippen LogP contribution in [0.3, 0.4) is 0 Å². The summed E-state index contributed by atoms with van der Waals surface area (Å²) in [6.07, 6.45) is 7.15. The van der Waals surface area contributed by atoms with Crippen molar-refractivity contribution in [3.8, 4) is 0 Å². The summed E-state index contributed by atoms with van der Waals surface area (Å²) in [6.45, 7) is 7.82. The summed E-state index contributed by atoms with van der Waals surface area (Å²) in [7, 11) is 0. The van der Waals surface area contributed by atoms with Crippen LogP contribution < -0.4 is 0 Å². The summed E-state index contributed by atoms with van der Waals surface area (Å²) < 4.78 is 7.20. The number of aromatic nitrogens is 1. The van der Waals surface area contributed by atoms with Crippen molar-refractivity contribution in [2.75, 3.05) is 0 Å². The van der Waals surface area contributed by atoms with Gasteiger partial charge >= 0.3 is 6.09 Å². The van der Waals surface area contributed by atoms with Gasteiger partial charge in [0.2, 0.25) is 0 Å². The first kappa shape index (κ1) is 16.3. The molecule has 0 saturated carbocycles. The lowest BCUT2D eigenvalue weighted by molar-refractivity contribution is 0.0543. The summed E-state index contributed by atoms with van der Waals surface area (Å²) in [5.41, 5.74) is 1.24. The molecule has 0 radical (unpaired) electrons. The second-order valence-electron chi connectivity index (χ2n) is 6.49. The molecule has 2 rings (SSSR count). The van der Waals surface area contributed by atoms with E-state index in [9.17, 15) is 4.79 Å². The van der Waals surface area contributed by atoms with Crippen LogP contribution in [-0.4, -0.2) is 16.3 Å². The highest BCUT2D eigenvalue weighted by molar-refractivity contribution is 5.93. The Morgan fingerprint density at radius 1 is 1.27 bits per heavy atom. The van der Waals surface area contributed by atoms with Crippen LogP contribution in [-0.2, 0) is 4.74 Å². The molecule has 3 nitrogen and oxygen atoms in total. The number of carbonyl (C=O) groups excluding carboxylic acids is 1. The summed E-state index contributed by atoms with van der Waals surface area (Å²) >= 11 is 0. The zero-order valence-electron chi connectivity index (χ0n) is 13.9. The van der Waals surface area contributed by atoms with Crippen molar-refractivity contribution in [1.29, 1.82) is 0 Å². The van der Waals surface area contributed by atoms with Gasteiger partial charge in [0.25, 0.3) is 0 Å². The van der Waals surface area contributed by atoms with Gasteiger partial charge in [0, 0.05) is 5.39 Å². The molecule has 0 aliphatic heterocycles. The first-order valence-electron chi connectivity index (χ1n) is 7.93. The van der Waals surface area contributed by atoms with Crippen LogP contribution in [0.25, 0.3) is 17.0 Å². The number of nitrogens with zero attached hydrogens (tertiary/aromatic N) is 1. The van der Waals surface area contributed by atoms with Crippen molar-refractivity contribution in [2.45, 2.75) is 52.6 Å². The third kappa shape index (κ3) is 4.00. The molecule has 22 heavy (non-hydrogen) atoms. The van der Waals surface area contributed by atoms with E-state index in [-0.39, 0.29) is 6.09 Å². The summed E-state index contributed by atoms with van der Waals surface area (Å²) in [6, 6.07) is 9.91. The second-order valence-corrected chi connectivity index (χ2v) is 6.49. The third-order valence-electron chi connectivity index (χ3n) is 3.33. The van der Waals surface area contributed by atoms with Gasteiger partial charge in [-0.2, -0.15) is 0 Å². The van der Waals surface area contributed by atoms with E-state index in [2.05, 4.69) is 13.0 Å². The topological polar surface area (TPSA) is 31.2 Å². The van der Waals surface area contributed by atoms with E-state index < -0.39 is 5.60 Å². The molecule has 0 N–H and O–H groups in total. The molecule has 0 fully saturated rings. The molecule has 1 heterocycles. The van der Waals surface area contributed by atoms with Crippen molar-refractivity contribution >= 4 is 23.1 Å². The Hall–Kier alpha value is -2.03. The summed E-state index contributed by atoms with van der Waals surface area (Å²) in [5.74, 6) is 0. The van der Waals surface area contributed by atoms with E-state index >= 15 is 0 Å². The number of rotatable bonds is 4. The minimum atomic E-state index is -0.508. The number of carbonyl (C=O) groups is 1. The first-order chi connectivity index (χ1) is 10.4. The molecular weight excluding hydrogens is 274 g/mol. The molecule has 0 atom stereocenters. The number of allylic oxidation sites excluding steroid dienone is 1. The van der Waals surface area contributed by atoms with Gasteiger partial charge in [0.05, 0.1) is 11.2 Å². The SMILES string of the molecule is CCCC/C=C/c1cc2ccccc2n1C(=O)OC(C)(C)C. The molecule has 0 spiro atoms. The third-order valence-corrected chi connectivity index (χ3v) is 3.33. The van der Waals surface area contributed by atoms with Gasteiger partial charge in [0.1, 0.15) is 5.60 Å². The Labute approximate surface area is 132 Å². The minimum absolute atomic E-state index is 0.330. The molecular formula is C19H25NO2. The predicted molar refractivity (Wildman–Crippen MR) is 92.1 cm³/mol. The lowest BCUT2D eigenvalue weighted by Crippen LogP contribution is -2.27. The molecule has 118 valence electrons. The molecule has 0 saturated heterocycles. The fraction of sp³-hybridized carbons (Fsp3) is 0.421. The normalized spacial score (nSPS) is 12.2. The quantitative estimate of drug-likeness (QED) is 0.685. The van der Waals surface area contributed by atoms with Gasteiger partial charge in [-0.05, 0) is 45.4 Å². The monoisotopic (exact) mass is 299 g/mol. The molecule has 2 aromatic rings. The van der Waals surface area contributed by atoms with Gasteiger partial charge in [-0.25, -0.2) is 9.36 Å². The molecule has 0 unspecified atom stereocenters. The Balaban J connectivity index is 2.40. The molecule has 0 aliphatic carbocycles. The Kier molecular flexibility index (Phi) is 5.07. The van der Waals surface area contributed by atoms with Crippen LogP contribution in [0.15, 0.2) is 36.4 Å². The molecule has 1 aromatic carbocycles. The Bertz CT molecular complexity index is 674. The number of hydrogen-bond acceptors (Lipinski definition) is 2. The van der Waals surface area contributed by atoms with Crippen molar-refractivity contribution in [1.82, 2.24) is 4.57 Å². The van der Waals surface area contributed by atoms with Crippen LogP contribution in [0, 0.1) is 0 Å². The smallest absolute Gasteiger partial charge is 0.419 e. The lowest BCUT2D eigenvalue weighted by Gasteiger charge is -2.20. The Morgan fingerprint density at radius 2 is 2.00 bits per heavy atom. The second kappa shape index (κ2) is 6.82. The van der Waals surface area contributed by atoms with Gasteiger partial charge in [-0.3, -0.25) is 0 Å². The number of hydrogen-bond donors (Lipinski definition) is 0. The van der Waals surface area contributed by atoms with Crippen LogP contribution in [0.2, 0.25) is 0 Å². The van der Waals surface area contributed by atoms with Gasteiger partial charge in [0.15, 0.2) is 0 Å². The number of para-hydroxylation sites is 1. The van der Waals surface area contributed by atoms with Crippen LogP contribution in [0.4, 0.5) is 4.79 Å². The average molecular weight is 299 g/mol. The van der Waals surface area contributed by atoms with Gasteiger partial charge in [-0.1, -0.05) is 44.0 Å². The molecule has 3 heteroatoms. The van der Waals surface area contributed by atoms with E-state index in [1.807, 2.05) is 57.2 Å². The highest BCUT2D eigenvalue weighted by Crippen LogP contribution is 2.23. The molecule has 0 amide bonds. The zero-order chi connectivity index (χ0) is 16.2. The lowest BCUT2D eigenvalue weighted by atomic mass is 10.2. The maximum atomic E-state index is 12.6. The fourth-order valence-electron chi connectivity index (χ4n) is 2.34. The highest BCUT2D eigenvalue weighted by Gasteiger charge is 2.21. The fourth-order valence-corrected chi connectivity index (χ4v) is 2.34. The predicted octanol–water partition coefficient (Wildman–Crippen LogP) is 5.63.